The summed E-state index contributed by atoms with van der Waals surface area (Å²) in [6.45, 7) is 1.92. The standard InChI is InChI=1S/C11H11ClN2O/c1-8-2-3-11(10(12)6-8)14-5-4-9(7-15)13-14/h2-6,15H,7H2,1H3. The minimum Gasteiger partial charge on any atom is -0.390 e. The van der Waals surface area contributed by atoms with Crippen molar-refractivity contribution in [2.24, 2.45) is 0 Å². The smallest absolute Gasteiger partial charge is 0.0883 e. The van der Waals surface area contributed by atoms with Crippen molar-refractivity contribution in [1.29, 1.82) is 0 Å². The van der Waals surface area contributed by atoms with Crippen LogP contribution in [0, 0.1) is 6.92 Å². The Hall–Kier alpha value is -1.32. The number of aromatic nitrogens is 2. The van der Waals surface area contributed by atoms with Gasteiger partial charge < -0.3 is 5.11 Å². The van der Waals surface area contributed by atoms with E-state index in [0.29, 0.717) is 10.7 Å². The first kappa shape index (κ1) is 10.2. The Bertz CT molecular complexity index is 479. The highest BCUT2D eigenvalue weighted by molar-refractivity contribution is 6.32. The van der Waals surface area contributed by atoms with Gasteiger partial charge >= 0.3 is 0 Å². The number of rotatable bonds is 2. The van der Waals surface area contributed by atoms with E-state index in [4.69, 9.17) is 16.7 Å². The molecule has 0 spiro atoms. The molecular formula is C11H11ClN2O. The minimum atomic E-state index is -0.0590. The lowest BCUT2D eigenvalue weighted by Gasteiger charge is -2.04. The molecule has 0 aliphatic rings. The van der Waals surface area contributed by atoms with Crippen molar-refractivity contribution >= 4 is 11.6 Å². The number of nitrogens with zero attached hydrogens (tertiary/aromatic N) is 2. The molecule has 2 rings (SSSR count). The van der Waals surface area contributed by atoms with Crippen LogP contribution in [0.15, 0.2) is 30.5 Å². The monoisotopic (exact) mass is 222 g/mol. The van der Waals surface area contributed by atoms with Gasteiger partial charge in [-0.3, -0.25) is 0 Å². The van der Waals surface area contributed by atoms with E-state index in [0.717, 1.165) is 11.3 Å². The van der Waals surface area contributed by atoms with Gasteiger partial charge in [0.05, 0.1) is 23.0 Å². The van der Waals surface area contributed by atoms with Crippen LogP contribution in [0.5, 0.6) is 0 Å². The van der Waals surface area contributed by atoms with E-state index in [1.807, 2.05) is 25.1 Å². The van der Waals surface area contributed by atoms with Crippen LogP contribution >= 0.6 is 11.6 Å². The van der Waals surface area contributed by atoms with Gasteiger partial charge in [-0.1, -0.05) is 17.7 Å². The molecule has 0 aliphatic carbocycles. The van der Waals surface area contributed by atoms with Crippen LogP contribution < -0.4 is 0 Å². The minimum absolute atomic E-state index is 0.0590. The molecule has 4 heteroatoms. The molecule has 0 fully saturated rings. The second-order valence-corrected chi connectivity index (χ2v) is 3.77. The first-order chi connectivity index (χ1) is 7.20. The van der Waals surface area contributed by atoms with E-state index in [9.17, 15) is 0 Å². The van der Waals surface area contributed by atoms with Gasteiger partial charge in [0.25, 0.3) is 0 Å². The van der Waals surface area contributed by atoms with E-state index in [2.05, 4.69) is 5.10 Å². The fourth-order valence-corrected chi connectivity index (χ4v) is 1.70. The highest BCUT2D eigenvalue weighted by Gasteiger charge is 2.04. The molecular weight excluding hydrogens is 212 g/mol. The summed E-state index contributed by atoms with van der Waals surface area (Å²) in [4.78, 5) is 0. The Morgan fingerprint density at radius 1 is 1.40 bits per heavy atom. The number of hydrogen-bond donors (Lipinski definition) is 1. The average Bonchev–Trinajstić information content (AvgIpc) is 2.66. The molecule has 0 aliphatic heterocycles. The molecule has 0 atom stereocenters. The highest BCUT2D eigenvalue weighted by atomic mass is 35.5. The summed E-state index contributed by atoms with van der Waals surface area (Å²) < 4.78 is 1.66. The maximum absolute atomic E-state index is 8.90. The van der Waals surface area contributed by atoms with E-state index in [1.165, 1.54) is 0 Å². The zero-order chi connectivity index (χ0) is 10.8. The third-order valence-corrected chi connectivity index (χ3v) is 2.46. The number of halogens is 1. The zero-order valence-electron chi connectivity index (χ0n) is 8.31. The Balaban J connectivity index is 2.44. The van der Waals surface area contributed by atoms with Crippen molar-refractivity contribution in [2.45, 2.75) is 13.5 Å². The van der Waals surface area contributed by atoms with Crippen LogP contribution in [0.3, 0.4) is 0 Å². The van der Waals surface area contributed by atoms with Gasteiger partial charge in [-0.15, -0.1) is 0 Å². The second kappa shape index (κ2) is 4.04. The molecule has 2 aromatic rings. The van der Waals surface area contributed by atoms with Crippen molar-refractivity contribution in [3.05, 3.63) is 46.7 Å². The molecule has 15 heavy (non-hydrogen) atoms. The van der Waals surface area contributed by atoms with Gasteiger partial charge in [-0.25, -0.2) is 4.68 Å². The zero-order valence-corrected chi connectivity index (χ0v) is 9.07. The molecule has 0 saturated carbocycles. The number of aliphatic hydroxyl groups excluding tert-OH is 1. The SMILES string of the molecule is Cc1ccc(-n2ccc(CO)n2)c(Cl)c1. The Morgan fingerprint density at radius 3 is 2.80 bits per heavy atom. The summed E-state index contributed by atoms with van der Waals surface area (Å²) in [7, 11) is 0. The van der Waals surface area contributed by atoms with Gasteiger partial charge in [-0.05, 0) is 30.7 Å². The number of hydrogen-bond acceptors (Lipinski definition) is 2. The molecule has 0 bridgehead atoms. The number of benzene rings is 1. The van der Waals surface area contributed by atoms with Crippen LogP contribution in [0.25, 0.3) is 5.69 Å². The third-order valence-electron chi connectivity index (χ3n) is 2.16. The van der Waals surface area contributed by atoms with Crippen LogP contribution in [0.2, 0.25) is 5.02 Å². The van der Waals surface area contributed by atoms with E-state index in [-0.39, 0.29) is 6.61 Å². The average molecular weight is 223 g/mol. The van der Waals surface area contributed by atoms with Crippen molar-refractivity contribution in [2.75, 3.05) is 0 Å². The summed E-state index contributed by atoms with van der Waals surface area (Å²) in [6.07, 6.45) is 1.78. The molecule has 1 aromatic carbocycles. The number of aryl methyl sites for hydroxylation is 1. The summed E-state index contributed by atoms with van der Waals surface area (Å²) in [5.41, 5.74) is 2.56. The lowest BCUT2D eigenvalue weighted by atomic mass is 10.2. The quantitative estimate of drug-likeness (QED) is 0.847. The van der Waals surface area contributed by atoms with Crippen LogP contribution in [-0.2, 0) is 6.61 Å². The molecule has 0 radical (unpaired) electrons. The topological polar surface area (TPSA) is 38.0 Å². The summed E-state index contributed by atoms with van der Waals surface area (Å²) in [6, 6.07) is 7.53. The molecule has 1 aromatic heterocycles. The third kappa shape index (κ3) is 2.03. The van der Waals surface area contributed by atoms with Crippen LogP contribution in [-0.4, -0.2) is 14.9 Å². The lowest BCUT2D eigenvalue weighted by molar-refractivity contribution is 0.276. The van der Waals surface area contributed by atoms with Gasteiger partial charge in [0.15, 0.2) is 0 Å². The predicted octanol–water partition coefficient (Wildman–Crippen LogP) is 2.33. The highest BCUT2D eigenvalue weighted by Crippen LogP contribution is 2.21. The Kier molecular flexibility index (Phi) is 2.75. The lowest BCUT2D eigenvalue weighted by Crippen LogP contribution is -1.97. The summed E-state index contributed by atoms with van der Waals surface area (Å²) >= 11 is 6.09. The van der Waals surface area contributed by atoms with Gasteiger partial charge in [0.1, 0.15) is 0 Å². The second-order valence-electron chi connectivity index (χ2n) is 3.36. The van der Waals surface area contributed by atoms with Gasteiger partial charge in [0.2, 0.25) is 0 Å². The Morgan fingerprint density at radius 2 is 2.20 bits per heavy atom. The largest absolute Gasteiger partial charge is 0.390 e. The van der Waals surface area contributed by atoms with Crippen LogP contribution in [0.1, 0.15) is 11.3 Å². The van der Waals surface area contributed by atoms with Crippen molar-refractivity contribution in [3.63, 3.8) is 0 Å². The van der Waals surface area contributed by atoms with E-state index >= 15 is 0 Å². The first-order valence-electron chi connectivity index (χ1n) is 4.62. The molecule has 0 saturated heterocycles. The predicted molar refractivity (Wildman–Crippen MR) is 59.2 cm³/mol. The summed E-state index contributed by atoms with van der Waals surface area (Å²) in [5.74, 6) is 0. The first-order valence-corrected chi connectivity index (χ1v) is 5.00. The summed E-state index contributed by atoms with van der Waals surface area (Å²) in [5, 5.41) is 13.7. The Labute approximate surface area is 92.9 Å². The fourth-order valence-electron chi connectivity index (χ4n) is 1.38. The van der Waals surface area contributed by atoms with Crippen molar-refractivity contribution in [1.82, 2.24) is 9.78 Å². The van der Waals surface area contributed by atoms with Crippen molar-refractivity contribution < 1.29 is 5.11 Å². The maximum atomic E-state index is 8.90. The van der Waals surface area contributed by atoms with E-state index < -0.39 is 0 Å². The molecule has 78 valence electrons. The molecule has 0 amide bonds. The van der Waals surface area contributed by atoms with Gasteiger partial charge in [0, 0.05) is 6.20 Å². The fraction of sp³-hybridized carbons (Fsp3) is 0.182. The normalized spacial score (nSPS) is 10.6. The van der Waals surface area contributed by atoms with E-state index in [1.54, 1.807) is 16.9 Å². The molecule has 1 N–H and O–H groups in total. The molecule has 1 heterocycles. The van der Waals surface area contributed by atoms with Gasteiger partial charge in [-0.2, -0.15) is 5.10 Å². The molecule has 0 unspecified atom stereocenters. The number of aliphatic hydroxyl groups is 1. The molecule has 3 nitrogen and oxygen atoms in total. The van der Waals surface area contributed by atoms with Crippen LogP contribution in [0.4, 0.5) is 0 Å². The maximum Gasteiger partial charge on any atom is 0.0883 e. The van der Waals surface area contributed by atoms with Crippen molar-refractivity contribution in [3.8, 4) is 5.69 Å².